The maximum Gasteiger partial charge on any atom is 0.253 e. The first kappa shape index (κ1) is 23.2. The number of benzene rings is 2. The van der Waals surface area contributed by atoms with Crippen molar-refractivity contribution in [3.8, 4) is 0 Å². The number of amides is 1. The van der Waals surface area contributed by atoms with Crippen molar-refractivity contribution < 1.29 is 17.6 Å². The average Bonchev–Trinajstić information content (AvgIpc) is 2.77. The van der Waals surface area contributed by atoms with E-state index in [1.807, 2.05) is 31.3 Å². The third-order valence-corrected chi connectivity index (χ3v) is 7.17. The summed E-state index contributed by atoms with van der Waals surface area (Å²) in [5, 5.41) is 0. The molecule has 1 aliphatic heterocycles. The predicted molar refractivity (Wildman–Crippen MR) is 120 cm³/mol. The van der Waals surface area contributed by atoms with Gasteiger partial charge in [0.15, 0.2) is 0 Å². The fourth-order valence-corrected chi connectivity index (χ4v) is 4.97. The number of nitrogens with one attached hydrogen (secondary N) is 1. The van der Waals surface area contributed by atoms with Gasteiger partial charge >= 0.3 is 0 Å². The van der Waals surface area contributed by atoms with Crippen molar-refractivity contribution in [2.75, 3.05) is 31.6 Å². The summed E-state index contributed by atoms with van der Waals surface area (Å²) in [6.07, 6.45) is 3.32. The van der Waals surface area contributed by atoms with Crippen LogP contribution in [0.2, 0.25) is 0 Å². The van der Waals surface area contributed by atoms with Gasteiger partial charge in [0.2, 0.25) is 10.0 Å². The maximum atomic E-state index is 13.0. The number of piperidine rings is 1. The van der Waals surface area contributed by atoms with Gasteiger partial charge in [-0.2, -0.15) is 0 Å². The Kier molecular flexibility index (Phi) is 7.67. The Hall–Kier alpha value is -2.45. The van der Waals surface area contributed by atoms with Crippen molar-refractivity contribution >= 4 is 21.6 Å². The molecule has 0 spiro atoms. The van der Waals surface area contributed by atoms with E-state index in [2.05, 4.69) is 16.5 Å². The second-order valence-electron chi connectivity index (χ2n) is 7.96. The normalized spacial score (nSPS) is 15.1. The van der Waals surface area contributed by atoms with E-state index in [1.165, 1.54) is 12.1 Å². The fraction of sp³-hybridized carbons (Fsp3) is 0.435. The Bertz CT molecular complexity index is 970. The molecule has 2 aromatic rings. The number of carbonyl (C=O) groups is 1. The van der Waals surface area contributed by atoms with Gasteiger partial charge in [-0.15, -0.1) is 0 Å². The molecule has 2 aromatic carbocycles. The quantitative estimate of drug-likeness (QED) is 0.671. The van der Waals surface area contributed by atoms with Crippen LogP contribution in [-0.2, 0) is 10.0 Å². The molecular formula is C23H30FN3O3S. The van der Waals surface area contributed by atoms with Gasteiger partial charge < -0.3 is 9.80 Å². The summed E-state index contributed by atoms with van der Waals surface area (Å²) in [5.41, 5.74) is 1.72. The minimum atomic E-state index is -3.71. The van der Waals surface area contributed by atoms with Gasteiger partial charge in [0, 0.05) is 44.0 Å². The van der Waals surface area contributed by atoms with Gasteiger partial charge in [-0.05, 0) is 67.8 Å². The molecule has 8 heteroatoms. The van der Waals surface area contributed by atoms with Crippen LogP contribution >= 0.6 is 0 Å². The Labute approximate surface area is 184 Å². The number of rotatable bonds is 8. The van der Waals surface area contributed by atoms with Crippen LogP contribution in [0.3, 0.4) is 0 Å². The molecule has 31 heavy (non-hydrogen) atoms. The summed E-state index contributed by atoms with van der Waals surface area (Å²) in [5.74, 6) is -0.519. The third kappa shape index (κ3) is 6.04. The first-order valence-corrected chi connectivity index (χ1v) is 12.2. The number of anilines is 1. The molecule has 1 amide bonds. The number of halogens is 1. The number of unbranched alkanes of at least 4 members (excludes halogenated alkanes) is 1. The zero-order chi connectivity index (χ0) is 22.4. The number of carbonyl (C=O) groups excluding carboxylic acids is 1. The molecule has 1 fully saturated rings. The van der Waals surface area contributed by atoms with Gasteiger partial charge in [-0.3, -0.25) is 4.79 Å². The van der Waals surface area contributed by atoms with Gasteiger partial charge in [0.1, 0.15) is 5.82 Å². The third-order valence-electron chi connectivity index (χ3n) is 5.63. The Morgan fingerprint density at radius 1 is 1.10 bits per heavy atom. The van der Waals surface area contributed by atoms with Crippen molar-refractivity contribution in [2.45, 2.75) is 43.5 Å². The minimum Gasteiger partial charge on any atom is -0.375 e. The number of hydrogen-bond acceptors (Lipinski definition) is 4. The fourth-order valence-electron chi connectivity index (χ4n) is 3.67. The van der Waals surface area contributed by atoms with E-state index < -0.39 is 15.8 Å². The molecule has 1 heterocycles. The van der Waals surface area contributed by atoms with Crippen molar-refractivity contribution in [3.63, 3.8) is 0 Å². The van der Waals surface area contributed by atoms with E-state index in [4.69, 9.17) is 0 Å². The Balaban J connectivity index is 1.54. The molecule has 6 nitrogen and oxygen atoms in total. The van der Waals surface area contributed by atoms with Crippen molar-refractivity contribution in [3.05, 3.63) is 59.9 Å². The highest BCUT2D eigenvalue weighted by Crippen LogP contribution is 2.19. The average molecular weight is 448 g/mol. The smallest absolute Gasteiger partial charge is 0.253 e. The van der Waals surface area contributed by atoms with Crippen molar-refractivity contribution in [1.82, 2.24) is 9.62 Å². The van der Waals surface area contributed by atoms with Crippen LogP contribution in [-0.4, -0.2) is 51.9 Å². The number of nitrogens with zero attached hydrogens (tertiary/aromatic N) is 2. The molecule has 0 saturated carbocycles. The highest BCUT2D eigenvalue weighted by atomic mass is 32.2. The predicted octanol–water partition coefficient (Wildman–Crippen LogP) is 3.65. The summed E-state index contributed by atoms with van der Waals surface area (Å²) in [4.78, 5) is 16.8. The number of likely N-dealkylation sites (tertiary alicyclic amines) is 1. The molecule has 0 aromatic heterocycles. The van der Waals surface area contributed by atoms with E-state index in [0.717, 1.165) is 37.2 Å². The number of hydrogen-bond donors (Lipinski definition) is 1. The second kappa shape index (κ2) is 10.2. The molecule has 1 N–H and O–H groups in total. The monoisotopic (exact) mass is 447 g/mol. The summed E-state index contributed by atoms with van der Waals surface area (Å²) in [6, 6.07) is 12.1. The summed E-state index contributed by atoms with van der Waals surface area (Å²) >= 11 is 0. The summed E-state index contributed by atoms with van der Waals surface area (Å²) in [7, 11) is -1.67. The molecular weight excluding hydrogens is 417 g/mol. The van der Waals surface area contributed by atoms with E-state index in [1.54, 1.807) is 4.90 Å². The maximum absolute atomic E-state index is 13.0. The van der Waals surface area contributed by atoms with Crippen LogP contribution in [0.1, 0.15) is 43.0 Å². The lowest BCUT2D eigenvalue weighted by Crippen LogP contribution is -2.46. The lowest BCUT2D eigenvalue weighted by molar-refractivity contribution is 0.0711. The Morgan fingerprint density at radius 2 is 1.71 bits per heavy atom. The number of sulfonamides is 1. The van der Waals surface area contributed by atoms with E-state index in [9.17, 15) is 17.6 Å². The van der Waals surface area contributed by atoms with Crippen LogP contribution in [0.15, 0.2) is 53.4 Å². The Morgan fingerprint density at radius 3 is 2.29 bits per heavy atom. The standard InChI is InChI=1S/C23H30FN3O3S/c1-3-4-15-26(2)21-9-5-18(6-10-21)23(28)27-16-13-20(14-17-27)25-31(29,30)22-11-7-19(24)8-12-22/h5-12,20,25H,3-4,13-17H2,1-2H3. The molecule has 168 valence electrons. The zero-order valence-corrected chi connectivity index (χ0v) is 18.9. The van der Waals surface area contributed by atoms with Crippen LogP contribution in [0.25, 0.3) is 0 Å². The summed E-state index contributed by atoms with van der Waals surface area (Å²) in [6.45, 7) is 4.10. The van der Waals surface area contributed by atoms with Crippen LogP contribution < -0.4 is 9.62 Å². The highest BCUT2D eigenvalue weighted by molar-refractivity contribution is 7.89. The molecule has 0 bridgehead atoms. The highest BCUT2D eigenvalue weighted by Gasteiger charge is 2.27. The largest absolute Gasteiger partial charge is 0.375 e. The van der Waals surface area contributed by atoms with Gasteiger partial charge in [-0.1, -0.05) is 13.3 Å². The molecule has 1 aliphatic rings. The van der Waals surface area contributed by atoms with Gasteiger partial charge in [0.05, 0.1) is 4.90 Å². The SMILES string of the molecule is CCCCN(C)c1ccc(C(=O)N2CCC(NS(=O)(=O)c3ccc(F)cc3)CC2)cc1. The lowest BCUT2D eigenvalue weighted by Gasteiger charge is -2.32. The topological polar surface area (TPSA) is 69.7 Å². The molecule has 0 aliphatic carbocycles. The minimum absolute atomic E-state index is 0.0383. The molecule has 1 saturated heterocycles. The molecule has 3 rings (SSSR count). The van der Waals surface area contributed by atoms with Crippen molar-refractivity contribution in [2.24, 2.45) is 0 Å². The van der Waals surface area contributed by atoms with Gasteiger partial charge in [-0.25, -0.2) is 17.5 Å². The zero-order valence-electron chi connectivity index (χ0n) is 18.1. The van der Waals surface area contributed by atoms with Crippen LogP contribution in [0.5, 0.6) is 0 Å². The molecule has 0 unspecified atom stereocenters. The molecule has 0 radical (unpaired) electrons. The summed E-state index contributed by atoms with van der Waals surface area (Å²) < 4.78 is 40.7. The first-order valence-electron chi connectivity index (χ1n) is 10.7. The van der Waals surface area contributed by atoms with E-state index in [0.29, 0.717) is 31.5 Å². The van der Waals surface area contributed by atoms with E-state index in [-0.39, 0.29) is 16.8 Å². The van der Waals surface area contributed by atoms with Crippen LogP contribution in [0.4, 0.5) is 10.1 Å². The van der Waals surface area contributed by atoms with Crippen molar-refractivity contribution in [1.29, 1.82) is 0 Å². The first-order chi connectivity index (χ1) is 14.8. The molecule has 0 atom stereocenters. The van der Waals surface area contributed by atoms with E-state index >= 15 is 0 Å². The van der Waals surface area contributed by atoms with Crippen LogP contribution in [0, 0.1) is 5.82 Å². The lowest BCUT2D eigenvalue weighted by atomic mass is 10.0. The second-order valence-corrected chi connectivity index (χ2v) is 9.68. The van der Waals surface area contributed by atoms with Gasteiger partial charge in [0.25, 0.3) is 5.91 Å².